The molecule has 2 aromatic rings. The second-order valence-corrected chi connectivity index (χ2v) is 9.48. The van der Waals surface area contributed by atoms with Crippen molar-refractivity contribution in [3.63, 3.8) is 0 Å². The number of aryl methyl sites for hydroxylation is 2. The number of amides is 1. The summed E-state index contributed by atoms with van der Waals surface area (Å²) < 4.78 is 7.48. The quantitative estimate of drug-likeness (QED) is 0.736. The van der Waals surface area contributed by atoms with Gasteiger partial charge in [-0.2, -0.15) is 5.10 Å². The van der Waals surface area contributed by atoms with E-state index in [-0.39, 0.29) is 5.91 Å². The van der Waals surface area contributed by atoms with Gasteiger partial charge in [-0.25, -0.2) is 4.79 Å². The summed E-state index contributed by atoms with van der Waals surface area (Å²) in [5.74, 6) is 1.46. The van der Waals surface area contributed by atoms with Crippen molar-refractivity contribution in [1.82, 2.24) is 9.78 Å². The minimum Gasteiger partial charge on any atom is -0.449 e. The van der Waals surface area contributed by atoms with Gasteiger partial charge in [0.25, 0.3) is 5.91 Å². The Morgan fingerprint density at radius 3 is 2.43 bits per heavy atom. The van der Waals surface area contributed by atoms with Crippen molar-refractivity contribution < 1.29 is 14.3 Å². The molecular weight excluding hydrogens is 394 g/mol. The molecule has 1 saturated heterocycles. The molecule has 0 radical (unpaired) electrons. The van der Waals surface area contributed by atoms with Crippen molar-refractivity contribution >= 4 is 41.1 Å². The number of hydrogen-bond acceptors (Lipinski definition) is 6. The van der Waals surface area contributed by atoms with E-state index < -0.39 is 12.1 Å². The van der Waals surface area contributed by atoms with Crippen LogP contribution in [-0.2, 0) is 16.6 Å². The van der Waals surface area contributed by atoms with Crippen LogP contribution in [0.5, 0.6) is 0 Å². The zero-order valence-corrected chi connectivity index (χ0v) is 18.2. The number of hydrogen-bond donors (Lipinski definition) is 1. The topological polar surface area (TPSA) is 73.2 Å². The molecule has 1 atom stereocenters. The third-order valence-corrected chi connectivity index (χ3v) is 7.67. The number of carbonyl (C=O) groups is 2. The van der Waals surface area contributed by atoms with Gasteiger partial charge in [-0.3, -0.25) is 9.48 Å². The van der Waals surface area contributed by atoms with Gasteiger partial charge in [0.1, 0.15) is 0 Å². The average Bonchev–Trinajstić information content (AvgIpc) is 2.94. The highest BCUT2D eigenvalue weighted by atomic mass is 32.2. The van der Waals surface area contributed by atoms with E-state index in [0.29, 0.717) is 15.8 Å². The number of ether oxygens (including phenoxy) is 1. The van der Waals surface area contributed by atoms with Gasteiger partial charge < -0.3 is 10.1 Å². The van der Waals surface area contributed by atoms with Crippen LogP contribution in [0.2, 0.25) is 0 Å². The van der Waals surface area contributed by atoms with Crippen LogP contribution in [0.15, 0.2) is 24.3 Å². The standard InChI is InChI=1S/C20H25N3O3S2/c1-12-17(13(2)23(4)22-12)21-18(24)14(3)26-19(25)15-6-8-16(9-7-15)20-27-10-5-11-28-20/h6-9,14,20H,5,10-11H2,1-4H3,(H,21,24)/t14-/m0/s1. The molecule has 1 aromatic carbocycles. The van der Waals surface area contributed by atoms with Gasteiger partial charge in [0.15, 0.2) is 6.10 Å². The number of thioether (sulfide) groups is 2. The Kier molecular flexibility index (Phi) is 6.72. The third-order valence-electron chi connectivity index (χ3n) is 4.66. The van der Waals surface area contributed by atoms with Gasteiger partial charge >= 0.3 is 5.97 Å². The fourth-order valence-corrected chi connectivity index (χ4v) is 5.81. The lowest BCUT2D eigenvalue weighted by Gasteiger charge is -2.21. The van der Waals surface area contributed by atoms with Crippen LogP contribution in [-0.4, -0.2) is 39.3 Å². The Morgan fingerprint density at radius 1 is 1.21 bits per heavy atom. The molecule has 150 valence electrons. The van der Waals surface area contributed by atoms with Crippen LogP contribution in [0.25, 0.3) is 0 Å². The maximum absolute atomic E-state index is 12.4. The Morgan fingerprint density at radius 2 is 1.86 bits per heavy atom. The van der Waals surface area contributed by atoms with E-state index in [0.717, 1.165) is 11.4 Å². The summed E-state index contributed by atoms with van der Waals surface area (Å²) >= 11 is 3.87. The molecule has 2 heterocycles. The summed E-state index contributed by atoms with van der Waals surface area (Å²) in [4.78, 5) is 24.8. The zero-order chi connectivity index (χ0) is 20.3. The minimum absolute atomic E-state index is 0.376. The maximum Gasteiger partial charge on any atom is 0.338 e. The first-order valence-electron chi connectivity index (χ1n) is 9.22. The number of anilines is 1. The second kappa shape index (κ2) is 9.05. The summed E-state index contributed by atoms with van der Waals surface area (Å²) in [6.45, 7) is 5.26. The highest BCUT2D eigenvalue weighted by Crippen LogP contribution is 2.43. The molecule has 1 amide bonds. The van der Waals surface area contributed by atoms with Gasteiger partial charge in [0, 0.05) is 7.05 Å². The normalized spacial score (nSPS) is 15.9. The number of aromatic nitrogens is 2. The lowest BCUT2D eigenvalue weighted by molar-refractivity contribution is -0.123. The molecule has 8 heteroatoms. The highest BCUT2D eigenvalue weighted by molar-refractivity contribution is 8.16. The van der Waals surface area contributed by atoms with Crippen LogP contribution < -0.4 is 5.32 Å². The summed E-state index contributed by atoms with van der Waals surface area (Å²) in [5, 5.41) is 7.07. The number of nitrogens with zero attached hydrogens (tertiary/aromatic N) is 2. The van der Waals surface area contributed by atoms with Crippen molar-refractivity contribution in [3.8, 4) is 0 Å². The molecule has 0 unspecified atom stereocenters. The first kappa shape index (κ1) is 20.8. The molecule has 0 aliphatic carbocycles. The second-order valence-electron chi connectivity index (χ2n) is 6.76. The molecule has 0 saturated carbocycles. The Hall–Kier alpha value is -1.93. The van der Waals surface area contributed by atoms with Gasteiger partial charge in [-0.1, -0.05) is 12.1 Å². The van der Waals surface area contributed by atoms with Crippen molar-refractivity contribution in [3.05, 3.63) is 46.8 Å². The van der Waals surface area contributed by atoms with Crippen LogP contribution in [0, 0.1) is 13.8 Å². The van der Waals surface area contributed by atoms with Gasteiger partial charge in [-0.15, -0.1) is 23.5 Å². The Balaban J connectivity index is 1.59. The summed E-state index contributed by atoms with van der Waals surface area (Å²) in [5.41, 5.74) is 3.88. The van der Waals surface area contributed by atoms with Crippen molar-refractivity contribution in [2.24, 2.45) is 7.05 Å². The predicted molar refractivity (Wildman–Crippen MR) is 115 cm³/mol. The fraction of sp³-hybridized carbons (Fsp3) is 0.450. The molecule has 1 aliphatic rings. The van der Waals surface area contributed by atoms with Crippen molar-refractivity contribution in [2.75, 3.05) is 16.8 Å². The largest absolute Gasteiger partial charge is 0.449 e. The number of carbonyl (C=O) groups excluding carboxylic acids is 2. The van der Waals surface area contributed by atoms with E-state index in [1.165, 1.54) is 23.5 Å². The molecular formula is C20H25N3O3S2. The van der Waals surface area contributed by atoms with E-state index >= 15 is 0 Å². The van der Waals surface area contributed by atoms with Crippen LogP contribution in [0.3, 0.4) is 0 Å². The van der Waals surface area contributed by atoms with Gasteiger partial charge in [-0.05, 0) is 56.4 Å². The van der Waals surface area contributed by atoms with E-state index in [1.54, 1.807) is 23.7 Å². The first-order chi connectivity index (χ1) is 13.4. The van der Waals surface area contributed by atoms with E-state index in [2.05, 4.69) is 10.4 Å². The third kappa shape index (κ3) is 4.72. The maximum atomic E-state index is 12.4. The zero-order valence-electron chi connectivity index (χ0n) is 16.5. The number of esters is 1. The van der Waals surface area contributed by atoms with Crippen LogP contribution in [0.1, 0.15) is 45.2 Å². The molecule has 1 fully saturated rings. The highest BCUT2D eigenvalue weighted by Gasteiger charge is 2.22. The molecule has 0 bridgehead atoms. The molecule has 1 N–H and O–H groups in total. The van der Waals surface area contributed by atoms with Crippen molar-refractivity contribution in [1.29, 1.82) is 0 Å². The fourth-order valence-electron chi connectivity index (χ4n) is 2.92. The molecule has 6 nitrogen and oxygen atoms in total. The summed E-state index contributed by atoms with van der Waals surface area (Å²) in [7, 11) is 1.81. The SMILES string of the molecule is Cc1nn(C)c(C)c1NC(=O)[C@H](C)OC(=O)c1ccc(C2SCCCS2)cc1. The lowest BCUT2D eigenvalue weighted by Crippen LogP contribution is -2.30. The molecule has 3 rings (SSSR count). The molecule has 28 heavy (non-hydrogen) atoms. The summed E-state index contributed by atoms with van der Waals surface area (Å²) in [6.07, 6.45) is 0.338. The Labute approximate surface area is 173 Å². The lowest BCUT2D eigenvalue weighted by atomic mass is 10.1. The summed E-state index contributed by atoms with van der Waals surface area (Å²) in [6, 6.07) is 7.49. The monoisotopic (exact) mass is 419 g/mol. The van der Waals surface area contributed by atoms with E-state index in [4.69, 9.17) is 4.74 Å². The van der Waals surface area contributed by atoms with Crippen LogP contribution >= 0.6 is 23.5 Å². The molecule has 1 aromatic heterocycles. The number of benzene rings is 1. The minimum atomic E-state index is -0.907. The van der Waals surface area contributed by atoms with E-state index in [1.807, 2.05) is 56.6 Å². The predicted octanol–water partition coefficient (Wildman–Crippen LogP) is 4.09. The van der Waals surface area contributed by atoms with Gasteiger partial charge in [0.2, 0.25) is 0 Å². The molecule has 0 spiro atoms. The van der Waals surface area contributed by atoms with Gasteiger partial charge in [0.05, 0.1) is 27.2 Å². The first-order valence-corrected chi connectivity index (χ1v) is 11.3. The Bertz CT molecular complexity index is 858. The number of nitrogens with one attached hydrogen (secondary N) is 1. The average molecular weight is 420 g/mol. The van der Waals surface area contributed by atoms with Crippen molar-refractivity contribution in [2.45, 2.75) is 37.9 Å². The van der Waals surface area contributed by atoms with E-state index in [9.17, 15) is 9.59 Å². The smallest absolute Gasteiger partial charge is 0.338 e. The molecule has 1 aliphatic heterocycles. The van der Waals surface area contributed by atoms with Crippen LogP contribution in [0.4, 0.5) is 5.69 Å². The number of rotatable bonds is 5.